The van der Waals surface area contributed by atoms with Gasteiger partial charge < -0.3 is 9.32 Å². The van der Waals surface area contributed by atoms with Crippen LogP contribution in [0.15, 0.2) is 69.0 Å². The van der Waals surface area contributed by atoms with Crippen molar-refractivity contribution in [2.75, 3.05) is 14.1 Å². The minimum absolute atomic E-state index is 0.0402. The molecule has 0 saturated heterocycles. The van der Waals surface area contributed by atoms with Gasteiger partial charge in [-0.05, 0) is 31.2 Å². The molecule has 0 radical (unpaired) electrons. The number of hydrogen-bond acceptors (Lipinski definition) is 6. The molecule has 0 spiro atoms. The highest BCUT2D eigenvalue weighted by Crippen LogP contribution is 2.28. The number of hydrogen-bond donors (Lipinski definition) is 0. The van der Waals surface area contributed by atoms with Gasteiger partial charge in [0.2, 0.25) is 11.8 Å². The average Bonchev–Trinajstić information content (AvgIpc) is 3.24. The van der Waals surface area contributed by atoms with Gasteiger partial charge in [-0.1, -0.05) is 30.3 Å². The Kier molecular flexibility index (Phi) is 5.03. The highest BCUT2D eigenvalue weighted by molar-refractivity contribution is 6.38. The zero-order chi connectivity index (χ0) is 20.4. The summed E-state index contributed by atoms with van der Waals surface area (Å²) in [5, 5.41) is 8.37. The fourth-order valence-electron chi connectivity index (χ4n) is 3.06. The van der Waals surface area contributed by atoms with Crippen molar-refractivity contribution in [1.29, 1.82) is 0 Å². The molecule has 29 heavy (non-hydrogen) atoms. The summed E-state index contributed by atoms with van der Waals surface area (Å²) in [6.07, 6.45) is 1.75. The number of carbonyl (C=O) groups is 1. The van der Waals surface area contributed by atoms with Crippen LogP contribution < -0.4 is 0 Å². The third-order valence-electron chi connectivity index (χ3n) is 4.72. The van der Waals surface area contributed by atoms with Crippen molar-refractivity contribution in [2.45, 2.75) is 19.0 Å². The number of nitrogens with zero attached hydrogens (tertiary/aromatic N) is 5. The molecule has 7 heteroatoms. The van der Waals surface area contributed by atoms with E-state index >= 15 is 0 Å². The Bertz CT molecular complexity index is 1070. The molecule has 0 saturated carbocycles. The molecule has 1 aliphatic rings. The van der Waals surface area contributed by atoms with E-state index in [-0.39, 0.29) is 18.0 Å². The Morgan fingerprint density at radius 1 is 0.966 bits per heavy atom. The van der Waals surface area contributed by atoms with E-state index in [9.17, 15) is 4.79 Å². The van der Waals surface area contributed by atoms with Gasteiger partial charge in [-0.2, -0.15) is 0 Å². The lowest BCUT2D eigenvalue weighted by Gasteiger charge is -2.19. The lowest BCUT2D eigenvalue weighted by Crippen LogP contribution is -2.22. The van der Waals surface area contributed by atoms with E-state index in [4.69, 9.17) is 9.41 Å². The zero-order valence-corrected chi connectivity index (χ0v) is 16.5. The van der Waals surface area contributed by atoms with E-state index in [1.54, 1.807) is 37.3 Å². The molecule has 2 aromatic carbocycles. The van der Waals surface area contributed by atoms with Gasteiger partial charge in [0.05, 0.1) is 11.8 Å². The third kappa shape index (κ3) is 3.85. The average molecular weight is 387 g/mol. The topological polar surface area (TPSA) is 84.0 Å². The van der Waals surface area contributed by atoms with E-state index in [0.29, 0.717) is 17.3 Å². The molecule has 2 unspecified atom stereocenters. The summed E-state index contributed by atoms with van der Waals surface area (Å²) < 4.78 is 5.89. The van der Waals surface area contributed by atoms with E-state index in [1.165, 1.54) is 0 Å². The van der Waals surface area contributed by atoms with Gasteiger partial charge in [0.1, 0.15) is 0 Å². The molecule has 2 heterocycles. The first kappa shape index (κ1) is 18.7. The Morgan fingerprint density at radius 3 is 2.38 bits per heavy atom. The van der Waals surface area contributed by atoms with E-state index < -0.39 is 0 Å². The van der Waals surface area contributed by atoms with Gasteiger partial charge in [0, 0.05) is 37.0 Å². The third-order valence-corrected chi connectivity index (χ3v) is 4.72. The van der Waals surface area contributed by atoms with Gasteiger partial charge in [-0.25, -0.2) is 0 Å². The smallest absolute Gasteiger partial charge is 0.253 e. The molecule has 4 rings (SSSR count). The number of rotatable bonds is 4. The molecule has 2 atom stereocenters. The minimum Gasteiger partial charge on any atom is -0.418 e. The zero-order valence-electron chi connectivity index (χ0n) is 16.5. The molecule has 3 aromatic rings. The highest BCUT2D eigenvalue weighted by Gasteiger charge is 2.27. The van der Waals surface area contributed by atoms with Crippen molar-refractivity contribution in [1.82, 2.24) is 15.1 Å². The normalized spacial score (nSPS) is 18.4. The fraction of sp³-hybridized carbons (Fsp3) is 0.227. The fourth-order valence-corrected chi connectivity index (χ4v) is 3.06. The maximum absolute atomic E-state index is 12.1. The van der Waals surface area contributed by atoms with E-state index in [0.717, 1.165) is 16.8 Å². The molecule has 1 aliphatic heterocycles. The van der Waals surface area contributed by atoms with Crippen LogP contribution in [-0.2, 0) is 0 Å². The minimum atomic E-state index is -0.358. The summed E-state index contributed by atoms with van der Waals surface area (Å²) in [4.78, 5) is 23.0. The molecule has 1 aromatic heterocycles. The quantitative estimate of drug-likeness (QED) is 0.686. The number of amides is 1. The van der Waals surface area contributed by atoms with Gasteiger partial charge >= 0.3 is 0 Å². The van der Waals surface area contributed by atoms with Crippen molar-refractivity contribution < 1.29 is 9.21 Å². The van der Waals surface area contributed by atoms with Crippen LogP contribution in [0.4, 0.5) is 0 Å². The standard InChI is InChI=1S/C22H21N5O2/c1-14-19(21-26-25-20(29-21)16-7-5-4-6-8-16)24-18(13-23-14)15-9-11-17(12-10-15)22(28)27(2)3/h4-14,19H,1-3H3. The van der Waals surface area contributed by atoms with Crippen LogP contribution in [0.5, 0.6) is 0 Å². The summed E-state index contributed by atoms with van der Waals surface area (Å²) >= 11 is 0. The molecule has 0 aliphatic carbocycles. The van der Waals surface area contributed by atoms with Gasteiger partial charge in [-0.15, -0.1) is 10.2 Å². The first-order valence-electron chi connectivity index (χ1n) is 9.35. The summed E-state index contributed by atoms with van der Waals surface area (Å²) in [5.74, 6) is 0.859. The molecular formula is C22H21N5O2. The van der Waals surface area contributed by atoms with Crippen molar-refractivity contribution in [3.05, 3.63) is 71.6 Å². The molecular weight excluding hydrogens is 366 g/mol. The van der Waals surface area contributed by atoms with Gasteiger partial charge in [0.25, 0.3) is 5.91 Å². The lowest BCUT2D eigenvalue weighted by molar-refractivity contribution is 0.0827. The van der Waals surface area contributed by atoms with Crippen LogP contribution in [0, 0.1) is 0 Å². The molecule has 0 N–H and O–H groups in total. The Hall–Kier alpha value is -3.61. The largest absolute Gasteiger partial charge is 0.418 e. The Balaban J connectivity index is 1.60. The van der Waals surface area contributed by atoms with Crippen LogP contribution in [-0.4, -0.2) is 53.1 Å². The second-order valence-electron chi connectivity index (χ2n) is 7.07. The number of benzene rings is 2. The van der Waals surface area contributed by atoms with Crippen LogP contribution in [0.1, 0.15) is 34.8 Å². The van der Waals surface area contributed by atoms with Gasteiger partial charge in [-0.3, -0.25) is 14.8 Å². The summed E-state index contributed by atoms with van der Waals surface area (Å²) in [7, 11) is 3.46. The summed E-state index contributed by atoms with van der Waals surface area (Å²) in [5.41, 5.74) is 3.09. The van der Waals surface area contributed by atoms with Crippen LogP contribution >= 0.6 is 0 Å². The summed E-state index contributed by atoms with van der Waals surface area (Å²) in [6, 6.07) is 16.5. The summed E-state index contributed by atoms with van der Waals surface area (Å²) in [6.45, 7) is 1.96. The van der Waals surface area contributed by atoms with Crippen LogP contribution in [0.2, 0.25) is 0 Å². The monoisotopic (exact) mass is 387 g/mol. The predicted molar refractivity (Wildman–Crippen MR) is 111 cm³/mol. The molecule has 0 fully saturated rings. The van der Waals surface area contributed by atoms with Gasteiger partial charge in [0.15, 0.2) is 6.04 Å². The number of aliphatic imine (C=N–C) groups is 2. The van der Waals surface area contributed by atoms with Crippen molar-refractivity contribution in [3.8, 4) is 11.5 Å². The second-order valence-corrected chi connectivity index (χ2v) is 7.07. The first-order chi connectivity index (χ1) is 14.0. The maximum Gasteiger partial charge on any atom is 0.253 e. The number of aromatic nitrogens is 2. The second kappa shape index (κ2) is 7.79. The molecule has 0 bridgehead atoms. The Morgan fingerprint density at radius 2 is 1.69 bits per heavy atom. The van der Waals surface area contributed by atoms with Crippen molar-refractivity contribution >= 4 is 17.8 Å². The van der Waals surface area contributed by atoms with Crippen molar-refractivity contribution in [2.24, 2.45) is 9.98 Å². The molecule has 7 nitrogen and oxygen atoms in total. The SMILES string of the molecule is CC1N=CC(c2ccc(C(=O)N(C)C)cc2)=NC1c1nnc(-c2ccccc2)o1. The number of carbonyl (C=O) groups excluding carboxylic acids is 1. The van der Waals surface area contributed by atoms with E-state index in [2.05, 4.69) is 15.2 Å². The van der Waals surface area contributed by atoms with Crippen LogP contribution in [0.25, 0.3) is 11.5 Å². The highest BCUT2D eigenvalue weighted by atomic mass is 16.4. The van der Waals surface area contributed by atoms with Crippen LogP contribution in [0.3, 0.4) is 0 Å². The lowest BCUT2D eigenvalue weighted by atomic mass is 10.0. The molecule has 1 amide bonds. The molecule has 146 valence electrons. The Labute approximate surface area is 168 Å². The maximum atomic E-state index is 12.1. The van der Waals surface area contributed by atoms with E-state index in [1.807, 2.05) is 49.4 Å². The first-order valence-corrected chi connectivity index (χ1v) is 9.35. The predicted octanol–water partition coefficient (Wildman–Crippen LogP) is 3.44. The van der Waals surface area contributed by atoms with Crippen molar-refractivity contribution in [3.63, 3.8) is 0 Å².